The molecule has 0 aromatic heterocycles. The van der Waals surface area contributed by atoms with Crippen LogP contribution in [0.5, 0.6) is 0 Å². The van der Waals surface area contributed by atoms with Gasteiger partial charge in [0, 0.05) is 11.1 Å². The van der Waals surface area contributed by atoms with Crippen molar-refractivity contribution in [2.75, 3.05) is 4.31 Å². The number of para-hydroxylation sites is 1. The average molecular weight is 622 g/mol. The summed E-state index contributed by atoms with van der Waals surface area (Å²) in [5, 5.41) is 0. The first-order valence-corrected chi connectivity index (χ1v) is 17.3. The van der Waals surface area contributed by atoms with Gasteiger partial charge in [0.15, 0.2) is 0 Å². The summed E-state index contributed by atoms with van der Waals surface area (Å²) in [6, 6.07) is 56.2. The summed E-state index contributed by atoms with van der Waals surface area (Å²) in [5.41, 5.74) is 14.9. The molecule has 0 radical (unpaired) electrons. The molecule has 47 heavy (non-hydrogen) atoms. The fourth-order valence-electron chi connectivity index (χ4n) is 8.37. The predicted octanol–water partition coefficient (Wildman–Crippen LogP) is 10.2. The summed E-state index contributed by atoms with van der Waals surface area (Å²) < 4.78 is 29.5. The molecule has 4 heteroatoms. The second-order valence-electron chi connectivity index (χ2n) is 12.5. The van der Waals surface area contributed by atoms with E-state index in [1.165, 1.54) is 48.8 Å². The van der Waals surface area contributed by atoms with E-state index in [9.17, 15) is 8.42 Å². The molecule has 1 aliphatic heterocycles. The first kappa shape index (κ1) is 26.5. The summed E-state index contributed by atoms with van der Waals surface area (Å²) in [5.74, 6) is 0. The van der Waals surface area contributed by atoms with Gasteiger partial charge >= 0.3 is 0 Å². The lowest BCUT2D eigenvalue weighted by molar-refractivity contribution is 0.596. The second-order valence-corrected chi connectivity index (χ2v) is 14.2. The maximum absolute atomic E-state index is 14.0. The van der Waals surface area contributed by atoms with E-state index in [1.807, 2.05) is 48.5 Å². The molecule has 0 amide bonds. The fraction of sp³-hybridized carbons (Fsp3) is 0.0233. The van der Waals surface area contributed by atoms with Crippen LogP contribution in [0.1, 0.15) is 22.3 Å². The van der Waals surface area contributed by atoms with E-state index in [0.29, 0.717) is 16.3 Å². The molecule has 0 bridgehead atoms. The fourth-order valence-corrected chi connectivity index (χ4v) is 10.1. The van der Waals surface area contributed by atoms with Crippen LogP contribution in [0.3, 0.4) is 0 Å². The molecular formula is C43H27NO2S. The number of fused-ring (bicyclic) bond motifs is 13. The minimum atomic E-state index is -3.80. The van der Waals surface area contributed by atoms with Gasteiger partial charge in [-0.3, -0.25) is 0 Å². The zero-order valence-electron chi connectivity index (χ0n) is 25.3. The van der Waals surface area contributed by atoms with Crippen LogP contribution in [-0.2, 0) is 15.4 Å². The molecule has 1 heterocycles. The third-order valence-corrected chi connectivity index (χ3v) is 12.0. The molecule has 1 spiro atoms. The third-order valence-electron chi connectivity index (χ3n) is 10.2. The first-order valence-electron chi connectivity index (χ1n) is 15.9. The average Bonchev–Trinajstić information content (AvgIpc) is 3.59. The van der Waals surface area contributed by atoms with Crippen molar-refractivity contribution in [2.24, 2.45) is 0 Å². The van der Waals surface area contributed by atoms with Gasteiger partial charge in [-0.15, -0.1) is 0 Å². The molecule has 0 saturated heterocycles. The molecule has 0 atom stereocenters. The highest BCUT2D eigenvalue weighted by atomic mass is 32.2. The standard InChI is InChI=1S/C43H27NO2S/c45-47(46)42-21-11-7-17-35(42)36-26-28(23-25-41(36)44(47)30-12-2-1-3-13-30)29-22-24-34-33-16-6-10-20-39(33)43(40(34)27-29)37-18-8-4-14-31(37)32-15-5-9-19-38(32)43/h1-27H. The van der Waals surface area contributed by atoms with Crippen molar-refractivity contribution < 1.29 is 8.42 Å². The van der Waals surface area contributed by atoms with E-state index in [-0.39, 0.29) is 0 Å². The van der Waals surface area contributed by atoms with Gasteiger partial charge in [0.05, 0.1) is 21.7 Å². The van der Waals surface area contributed by atoms with Crippen LogP contribution >= 0.6 is 0 Å². The quantitative estimate of drug-likeness (QED) is 0.193. The lowest BCUT2D eigenvalue weighted by Crippen LogP contribution is -2.30. The minimum absolute atomic E-state index is 0.316. The molecule has 222 valence electrons. The SMILES string of the molecule is O=S1(=O)c2ccccc2-c2cc(-c3ccc4c(c3)C3(c5ccccc5-c5ccccc53)c3ccccc3-4)ccc2N1c1ccccc1. The highest BCUT2D eigenvalue weighted by molar-refractivity contribution is 7.93. The molecule has 0 fully saturated rings. The van der Waals surface area contributed by atoms with Gasteiger partial charge in [-0.25, -0.2) is 12.7 Å². The molecule has 3 aliphatic rings. The maximum atomic E-state index is 14.0. The highest BCUT2D eigenvalue weighted by Gasteiger charge is 2.51. The molecule has 10 rings (SSSR count). The smallest absolute Gasteiger partial charge is 0.234 e. The second kappa shape index (κ2) is 9.41. The molecule has 0 N–H and O–H groups in total. The number of hydrogen-bond donors (Lipinski definition) is 0. The van der Waals surface area contributed by atoms with E-state index in [1.54, 1.807) is 12.1 Å². The third kappa shape index (κ3) is 3.38. The Kier molecular flexibility index (Phi) is 5.31. The van der Waals surface area contributed by atoms with Crippen molar-refractivity contribution in [1.82, 2.24) is 0 Å². The Bertz CT molecular complexity index is 2490. The number of rotatable bonds is 2. The Morgan fingerprint density at radius 2 is 0.894 bits per heavy atom. The molecule has 7 aromatic carbocycles. The van der Waals surface area contributed by atoms with Crippen molar-refractivity contribution in [3.63, 3.8) is 0 Å². The van der Waals surface area contributed by atoms with Crippen molar-refractivity contribution in [1.29, 1.82) is 0 Å². The van der Waals surface area contributed by atoms with Gasteiger partial charge in [-0.1, -0.05) is 127 Å². The van der Waals surface area contributed by atoms with Crippen LogP contribution in [0.4, 0.5) is 11.4 Å². The molecule has 0 unspecified atom stereocenters. The monoisotopic (exact) mass is 621 g/mol. The van der Waals surface area contributed by atoms with E-state index in [4.69, 9.17) is 0 Å². The van der Waals surface area contributed by atoms with Gasteiger partial charge in [-0.2, -0.15) is 0 Å². The van der Waals surface area contributed by atoms with Crippen LogP contribution in [0.2, 0.25) is 0 Å². The van der Waals surface area contributed by atoms with Gasteiger partial charge in [0.2, 0.25) is 0 Å². The number of anilines is 2. The van der Waals surface area contributed by atoms with Crippen molar-refractivity contribution in [3.05, 3.63) is 186 Å². The Hall–Kier alpha value is -5.71. The van der Waals surface area contributed by atoms with Crippen molar-refractivity contribution >= 4 is 21.4 Å². The van der Waals surface area contributed by atoms with E-state index >= 15 is 0 Å². The van der Waals surface area contributed by atoms with Crippen LogP contribution in [0, 0.1) is 0 Å². The Labute approximate surface area is 274 Å². The van der Waals surface area contributed by atoms with E-state index in [0.717, 1.165) is 22.3 Å². The molecule has 7 aromatic rings. The summed E-state index contributed by atoms with van der Waals surface area (Å²) in [6.07, 6.45) is 0. The zero-order valence-corrected chi connectivity index (χ0v) is 26.1. The van der Waals surface area contributed by atoms with Crippen LogP contribution in [0.15, 0.2) is 169 Å². The van der Waals surface area contributed by atoms with Gasteiger partial charge in [-0.05, 0) is 92.0 Å². The maximum Gasteiger partial charge on any atom is 0.269 e. The number of sulfonamides is 1. The number of benzene rings is 7. The largest absolute Gasteiger partial charge is 0.269 e. The summed E-state index contributed by atoms with van der Waals surface area (Å²) in [7, 11) is -3.80. The van der Waals surface area contributed by atoms with Gasteiger partial charge < -0.3 is 0 Å². The van der Waals surface area contributed by atoms with Crippen LogP contribution in [-0.4, -0.2) is 8.42 Å². The summed E-state index contributed by atoms with van der Waals surface area (Å²) >= 11 is 0. The summed E-state index contributed by atoms with van der Waals surface area (Å²) in [6.45, 7) is 0. The lowest BCUT2D eigenvalue weighted by atomic mass is 9.70. The van der Waals surface area contributed by atoms with E-state index in [2.05, 4.69) is 103 Å². The Balaban J connectivity index is 1.22. The normalized spacial score (nSPS) is 15.3. The van der Waals surface area contributed by atoms with Gasteiger partial charge in [0.1, 0.15) is 0 Å². The minimum Gasteiger partial charge on any atom is -0.234 e. The predicted molar refractivity (Wildman–Crippen MR) is 189 cm³/mol. The Morgan fingerprint density at radius 3 is 1.53 bits per heavy atom. The molecule has 3 nitrogen and oxygen atoms in total. The highest BCUT2D eigenvalue weighted by Crippen LogP contribution is 2.63. The van der Waals surface area contributed by atoms with Crippen LogP contribution < -0.4 is 4.31 Å². The summed E-state index contributed by atoms with van der Waals surface area (Å²) in [4.78, 5) is 0.316. The topological polar surface area (TPSA) is 37.4 Å². The van der Waals surface area contributed by atoms with Crippen LogP contribution in [0.25, 0.3) is 44.5 Å². The molecular weight excluding hydrogens is 595 g/mol. The first-order chi connectivity index (χ1) is 23.1. The number of nitrogens with zero attached hydrogens (tertiary/aromatic N) is 1. The van der Waals surface area contributed by atoms with E-state index < -0.39 is 15.4 Å². The molecule has 0 saturated carbocycles. The van der Waals surface area contributed by atoms with Gasteiger partial charge in [0.25, 0.3) is 10.0 Å². The zero-order chi connectivity index (χ0) is 31.3. The van der Waals surface area contributed by atoms with Crippen molar-refractivity contribution in [3.8, 4) is 44.5 Å². The lowest BCUT2D eigenvalue weighted by Gasteiger charge is -2.32. The Morgan fingerprint density at radius 1 is 0.404 bits per heavy atom. The number of hydrogen-bond acceptors (Lipinski definition) is 2. The molecule has 2 aliphatic carbocycles. The van der Waals surface area contributed by atoms with Crippen molar-refractivity contribution in [2.45, 2.75) is 10.3 Å².